The van der Waals surface area contributed by atoms with Gasteiger partial charge in [0.05, 0.1) is 10.6 Å². The highest BCUT2D eigenvalue weighted by Crippen LogP contribution is 2.15. The van der Waals surface area contributed by atoms with E-state index in [1.165, 1.54) is 0 Å². The molecule has 0 saturated heterocycles. The first-order valence-electron chi connectivity index (χ1n) is 6.48. The number of nitrogens with two attached hydrogens (primary N) is 1. The van der Waals surface area contributed by atoms with E-state index in [1.807, 2.05) is 0 Å². The minimum absolute atomic E-state index is 0.0152. The predicted octanol–water partition coefficient (Wildman–Crippen LogP) is 1.93. The second-order valence-electron chi connectivity index (χ2n) is 4.32. The largest absolute Gasteiger partial charge is 0.370 e. The first kappa shape index (κ1) is 17.0. The van der Waals surface area contributed by atoms with E-state index in [0.29, 0.717) is 17.4 Å². The highest BCUT2D eigenvalue weighted by atomic mass is 79.9. The van der Waals surface area contributed by atoms with E-state index in [-0.39, 0.29) is 12.3 Å². The number of aliphatic imine (C=N–C) groups is 1. The van der Waals surface area contributed by atoms with Crippen LogP contribution < -0.4 is 11.1 Å². The molecule has 0 bridgehead atoms. The van der Waals surface area contributed by atoms with E-state index >= 15 is 0 Å². The van der Waals surface area contributed by atoms with Crippen LogP contribution in [0.1, 0.15) is 19.8 Å². The Labute approximate surface area is 128 Å². The minimum atomic E-state index is -3.29. The maximum Gasteiger partial charge on any atom is 0.188 e. The molecule has 0 aliphatic rings. The number of halogens is 1. The van der Waals surface area contributed by atoms with E-state index in [2.05, 4.69) is 33.2 Å². The number of unbranched alkanes of at least 4 members (excludes halogenated alkanes) is 1. The first-order chi connectivity index (χ1) is 9.45. The Morgan fingerprint density at radius 1 is 1.35 bits per heavy atom. The summed E-state index contributed by atoms with van der Waals surface area (Å²) in [5, 5.41) is 2.82. The van der Waals surface area contributed by atoms with Crippen LogP contribution in [-0.2, 0) is 9.84 Å². The second-order valence-corrected chi connectivity index (χ2v) is 7.34. The molecule has 5 nitrogen and oxygen atoms in total. The van der Waals surface area contributed by atoms with E-state index in [4.69, 9.17) is 5.73 Å². The molecule has 1 aromatic rings. The summed E-state index contributed by atoms with van der Waals surface area (Å²) in [6.07, 6.45) is 2.02. The van der Waals surface area contributed by atoms with Crippen LogP contribution in [0.4, 0.5) is 0 Å². The number of benzene rings is 1. The molecule has 1 aromatic carbocycles. The molecule has 0 heterocycles. The van der Waals surface area contributed by atoms with E-state index in [9.17, 15) is 8.42 Å². The molecule has 0 unspecified atom stereocenters. The van der Waals surface area contributed by atoms with Crippen molar-refractivity contribution in [2.75, 3.05) is 18.8 Å². The number of guanidine groups is 1. The molecule has 0 aliphatic carbocycles. The summed E-state index contributed by atoms with van der Waals surface area (Å²) in [7, 11) is -3.29. The van der Waals surface area contributed by atoms with Crippen molar-refractivity contribution < 1.29 is 8.42 Å². The van der Waals surface area contributed by atoms with Crippen LogP contribution in [0.5, 0.6) is 0 Å². The topological polar surface area (TPSA) is 84.5 Å². The summed E-state index contributed by atoms with van der Waals surface area (Å²) in [6.45, 7) is 2.98. The van der Waals surface area contributed by atoms with Gasteiger partial charge in [-0.2, -0.15) is 0 Å². The van der Waals surface area contributed by atoms with Crippen molar-refractivity contribution in [3.05, 3.63) is 28.7 Å². The van der Waals surface area contributed by atoms with Gasteiger partial charge in [-0.25, -0.2) is 8.42 Å². The van der Waals surface area contributed by atoms with Crippen molar-refractivity contribution >= 4 is 31.7 Å². The van der Waals surface area contributed by atoms with Gasteiger partial charge in [-0.15, -0.1) is 0 Å². The van der Waals surface area contributed by atoms with Crippen LogP contribution in [0.3, 0.4) is 0 Å². The molecule has 0 fully saturated rings. The van der Waals surface area contributed by atoms with Crippen LogP contribution in [0.25, 0.3) is 0 Å². The normalized spacial score (nSPS) is 12.4. The van der Waals surface area contributed by atoms with Crippen molar-refractivity contribution in [1.82, 2.24) is 5.32 Å². The van der Waals surface area contributed by atoms with Crippen LogP contribution in [-0.4, -0.2) is 33.2 Å². The van der Waals surface area contributed by atoms with Gasteiger partial charge in [0.25, 0.3) is 0 Å². The van der Waals surface area contributed by atoms with Gasteiger partial charge in [0.1, 0.15) is 0 Å². The average Bonchev–Trinajstić information content (AvgIpc) is 2.39. The Bertz CT molecular complexity index is 541. The molecular weight excluding hydrogens is 342 g/mol. The van der Waals surface area contributed by atoms with Gasteiger partial charge >= 0.3 is 0 Å². The minimum Gasteiger partial charge on any atom is -0.370 e. The third-order valence-corrected chi connectivity index (χ3v) is 4.90. The van der Waals surface area contributed by atoms with Gasteiger partial charge < -0.3 is 11.1 Å². The second kappa shape index (κ2) is 8.26. The molecule has 7 heteroatoms. The molecule has 0 saturated carbocycles. The number of nitrogens with one attached hydrogen (secondary N) is 1. The fourth-order valence-electron chi connectivity index (χ4n) is 1.49. The molecule has 0 amide bonds. The zero-order valence-corrected chi connectivity index (χ0v) is 13.9. The van der Waals surface area contributed by atoms with Crippen molar-refractivity contribution in [3.8, 4) is 0 Å². The lowest BCUT2D eigenvalue weighted by molar-refractivity contribution is 0.594. The highest BCUT2D eigenvalue weighted by Gasteiger charge is 2.13. The molecule has 1 rings (SSSR count). The molecular formula is C13H20BrN3O2S. The summed E-state index contributed by atoms with van der Waals surface area (Å²) < 4.78 is 24.9. The third kappa shape index (κ3) is 5.92. The molecule has 0 atom stereocenters. The molecule has 0 radical (unpaired) electrons. The van der Waals surface area contributed by atoms with Crippen molar-refractivity contribution in [3.63, 3.8) is 0 Å². The summed E-state index contributed by atoms with van der Waals surface area (Å²) >= 11 is 3.27. The summed E-state index contributed by atoms with van der Waals surface area (Å²) in [4.78, 5) is 4.41. The Hall–Kier alpha value is -1.08. The standard InChI is InChI=1S/C13H20BrN3O2S/c1-2-3-8-16-13(15)17-9-10-20(18,19)12-6-4-11(14)5-7-12/h4-7H,2-3,8-10H2,1H3,(H3,15,16,17). The lowest BCUT2D eigenvalue weighted by atomic mass is 10.3. The zero-order valence-electron chi connectivity index (χ0n) is 11.5. The number of rotatable bonds is 7. The molecule has 20 heavy (non-hydrogen) atoms. The van der Waals surface area contributed by atoms with Crippen LogP contribution in [0.15, 0.2) is 38.6 Å². The van der Waals surface area contributed by atoms with Gasteiger partial charge in [0, 0.05) is 17.6 Å². The zero-order chi connectivity index (χ0) is 15.0. The molecule has 0 aliphatic heterocycles. The van der Waals surface area contributed by atoms with Gasteiger partial charge in [-0.05, 0) is 30.7 Å². The van der Waals surface area contributed by atoms with Crippen LogP contribution in [0.2, 0.25) is 0 Å². The maximum absolute atomic E-state index is 12.0. The smallest absolute Gasteiger partial charge is 0.188 e. The Morgan fingerprint density at radius 2 is 2.00 bits per heavy atom. The lowest BCUT2D eigenvalue weighted by Crippen LogP contribution is -2.35. The van der Waals surface area contributed by atoms with Gasteiger partial charge in [0.2, 0.25) is 0 Å². The number of nitrogens with zero attached hydrogens (tertiary/aromatic N) is 1. The van der Waals surface area contributed by atoms with Gasteiger partial charge in [-0.1, -0.05) is 29.3 Å². The van der Waals surface area contributed by atoms with Crippen LogP contribution in [0, 0.1) is 0 Å². The Kier molecular flexibility index (Phi) is 7.01. The number of sulfone groups is 1. The number of hydrogen-bond acceptors (Lipinski definition) is 3. The predicted molar refractivity (Wildman–Crippen MR) is 85.6 cm³/mol. The maximum atomic E-state index is 12.0. The molecule has 0 spiro atoms. The van der Waals surface area contributed by atoms with Crippen LogP contribution >= 0.6 is 15.9 Å². The SMILES string of the molecule is CCCCN=C(N)NCCS(=O)(=O)c1ccc(Br)cc1. The van der Waals surface area contributed by atoms with Crippen molar-refractivity contribution in [2.45, 2.75) is 24.7 Å². The Morgan fingerprint density at radius 3 is 2.60 bits per heavy atom. The average molecular weight is 362 g/mol. The van der Waals surface area contributed by atoms with Gasteiger partial charge in [-0.3, -0.25) is 4.99 Å². The van der Waals surface area contributed by atoms with Crippen molar-refractivity contribution in [1.29, 1.82) is 0 Å². The molecule has 3 N–H and O–H groups in total. The summed E-state index contributed by atoms with van der Waals surface area (Å²) in [6, 6.07) is 6.58. The highest BCUT2D eigenvalue weighted by molar-refractivity contribution is 9.10. The van der Waals surface area contributed by atoms with E-state index < -0.39 is 9.84 Å². The van der Waals surface area contributed by atoms with E-state index in [1.54, 1.807) is 24.3 Å². The fourth-order valence-corrected chi connectivity index (χ4v) is 2.91. The monoisotopic (exact) mass is 361 g/mol. The third-order valence-electron chi connectivity index (χ3n) is 2.64. The molecule has 0 aromatic heterocycles. The number of hydrogen-bond donors (Lipinski definition) is 2. The quantitative estimate of drug-likeness (QED) is 0.441. The molecule has 112 valence electrons. The Balaban J connectivity index is 2.48. The van der Waals surface area contributed by atoms with E-state index in [0.717, 1.165) is 17.3 Å². The van der Waals surface area contributed by atoms with Gasteiger partial charge in [0.15, 0.2) is 15.8 Å². The first-order valence-corrected chi connectivity index (χ1v) is 8.92. The lowest BCUT2D eigenvalue weighted by Gasteiger charge is -2.07. The summed E-state index contributed by atoms with van der Waals surface area (Å²) in [5.74, 6) is 0.281. The van der Waals surface area contributed by atoms with Crippen molar-refractivity contribution in [2.24, 2.45) is 10.7 Å². The fraction of sp³-hybridized carbons (Fsp3) is 0.462. The summed E-state index contributed by atoms with van der Waals surface area (Å²) in [5.41, 5.74) is 5.64.